The summed E-state index contributed by atoms with van der Waals surface area (Å²) in [5.41, 5.74) is 2.40. The van der Waals surface area contributed by atoms with E-state index in [4.69, 9.17) is 11.6 Å². The molecule has 0 radical (unpaired) electrons. The van der Waals surface area contributed by atoms with E-state index < -0.39 is 5.24 Å². The molecule has 2 aromatic rings. The van der Waals surface area contributed by atoms with Crippen molar-refractivity contribution in [2.75, 3.05) is 0 Å². The number of carbonyl (C=O) groups is 1. The number of nitrogens with zero attached hydrogens (tertiary/aromatic N) is 2. The van der Waals surface area contributed by atoms with Gasteiger partial charge in [-0.25, -0.2) is 0 Å². The van der Waals surface area contributed by atoms with Gasteiger partial charge in [0.1, 0.15) is 0 Å². The number of carbonyl (C=O) groups excluding carboxylic acids is 1. The largest absolute Gasteiger partial charge is 0.276 e. The summed E-state index contributed by atoms with van der Waals surface area (Å²) < 4.78 is 1.79. The summed E-state index contributed by atoms with van der Waals surface area (Å²) in [5.74, 6) is 0.265. The van der Waals surface area contributed by atoms with Crippen molar-refractivity contribution >= 4 is 27.7 Å². The van der Waals surface area contributed by atoms with E-state index in [2.05, 4.69) is 18.9 Å². The minimum Gasteiger partial charge on any atom is -0.276 e. The summed E-state index contributed by atoms with van der Waals surface area (Å²) in [6, 6.07) is 5.51. The van der Waals surface area contributed by atoms with Gasteiger partial charge < -0.3 is 0 Å². The van der Waals surface area contributed by atoms with Crippen LogP contribution in [0.15, 0.2) is 18.2 Å². The van der Waals surface area contributed by atoms with Crippen LogP contribution in [0.4, 0.5) is 0 Å². The van der Waals surface area contributed by atoms with Crippen molar-refractivity contribution in [2.24, 2.45) is 7.05 Å². The SMILES string of the molecule is CC(C)c1nn(C)c2cccc(C(=O)Cl)c12. The second kappa shape index (κ2) is 3.91. The molecule has 0 bridgehead atoms. The summed E-state index contributed by atoms with van der Waals surface area (Å²) in [4.78, 5) is 11.4. The number of aryl methyl sites for hydroxylation is 1. The number of benzene rings is 1. The molecule has 4 heteroatoms. The minimum atomic E-state index is -0.430. The minimum absolute atomic E-state index is 0.265. The summed E-state index contributed by atoms with van der Waals surface area (Å²) in [6.45, 7) is 4.11. The van der Waals surface area contributed by atoms with E-state index in [1.165, 1.54) is 0 Å². The predicted octanol–water partition coefficient (Wildman–Crippen LogP) is 3.08. The van der Waals surface area contributed by atoms with Gasteiger partial charge >= 0.3 is 0 Å². The van der Waals surface area contributed by atoms with E-state index >= 15 is 0 Å². The molecule has 0 unspecified atom stereocenters. The standard InChI is InChI=1S/C12H13ClN2O/c1-7(2)11-10-8(12(13)16)5-4-6-9(10)15(3)14-11/h4-7H,1-3H3. The van der Waals surface area contributed by atoms with E-state index in [-0.39, 0.29) is 5.92 Å². The quantitative estimate of drug-likeness (QED) is 0.751. The fourth-order valence-corrected chi connectivity index (χ4v) is 2.07. The van der Waals surface area contributed by atoms with Crippen LogP contribution in [0, 0.1) is 0 Å². The topological polar surface area (TPSA) is 34.9 Å². The van der Waals surface area contributed by atoms with Crippen LogP contribution in [0.1, 0.15) is 35.8 Å². The second-order valence-electron chi connectivity index (χ2n) is 4.14. The molecule has 3 nitrogen and oxygen atoms in total. The Morgan fingerprint density at radius 2 is 2.12 bits per heavy atom. The van der Waals surface area contributed by atoms with E-state index in [1.807, 2.05) is 19.2 Å². The molecule has 1 heterocycles. The van der Waals surface area contributed by atoms with E-state index in [0.717, 1.165) is 16.6 Å². The molecule has 1 aromatic heterocycles. The van der Waals surface area contributed by atoms with Crippen molar-refractivity contribution in [1.82, 2.24) is 9.78 Å². The van der Waals surface area contributed by atoms with Crippen molar-refractivity contribution in [1.29, 1.82) is 0 Å². The molecule has 0 N–H and O–H groups in total. The molecule has 0 fully saturated rings. The van der Waals surface area contributed by atoms with Crippen LogP contribution in [0.3, 0.4) is 0 Å². The van der Waals surface area contributed by atoms with Crippen molar-refractivity contribution in [3.05, 3.63) is 29.5 Å². The van der Waals surface area contributed by atoms with Gasteiger partial charge in [-0.2, -0.15) is 5.10 Å². The second-order valence-corrected chi connectivity index (χ2v) is 4.48. The van der Waals surface area contributed by atoms with Crippen molar-refractivity contribution in [2.45, 2.75) is 19.8 Å². The lowest BCUT2D eigenvalue weighted by atomic mass is 10.0. The highest BCUT2D eigenvalue weighted by Crippen LogP contribution is 2.28. The number of halogens is 1. The van der Waals surface area contributed by atoms with Gasteiger partial charge in [0, 0.05) is 18.0 Å². The van der Waals surface area contributed by atoms with Crippen molar-refractivity contribution < 1.29 is 4.79 Å². The van der Waals surface area contributed by atoms with Crippen LogP contribution in [0.25, 0.3) is 10.9 Å². The molecule has 0 aliphatic carbocycles. The molecule has 84 valence electrons. The maximum atomic E-state index is 11.4. The summed E-state index contributed by atoms with van der Waals surface area (Å²) in [5, 5.41) is 4.88. The van der Waals surface area contributed by atoms with E-state index in [1.54, 1.807) is 10.7 Å². The van der Waals surface area contributed by atoms with Crippen molar-refractivity contribution in [3.8, 4) is 0 Å². The van der Waals surface area contributed by atoms with Crippen LogP contribution in [-0.2, 0) is 7.05 Å². The van der Waals surface area contributed by atoms with Crippen LogP contribution in [-0.4, -0.2) is 15.0 Å². The van der Waals surface area contributed by atoms with E-state index in [9.17, 15) is 4.79 Å². The first-order valence-electron chi connectivity index (χ1n) is 5.17. The molecular weight excluding hydrogens is 224 g/mol. The van der Waals surface area contributed by atoms with E-state index in [0.29, 0.717) is 5.56 Å². The zero-order valence-corrected chi connectivity index (χ0v) is 10.2. The molecule has 16 heavy (non-hydrogen) atoms. The highest BCUT2D eigenvalue weighted by molar-refractivity contribution is 6.68. The number of fused-ring (bicyclic) bond motifs is 1. The van der Waals surface area contributed by atoms with Gasteiger partial charge in [0.25, 0.3) is 5.24 Å². The Kier molecular flexibility index (Phi) is 2.72. The summed E-state index contributed by atoms with van der Waals surface area (Å²) >= 11 is 5.59. The Labute approximate surface area is 99.0 Å². The Balaban J connectivity index is 2.88. The molecule has 0 atom stereocenters. The molecule has 0 saturated heterocycles. The summed E-state index contributed by atoms with van der Waals surface area (Å²) in [7, 11) is 1.87. The Hall–Kier alpha value is -1.35. The fourth-order valence-electron chi connectivity index (χ4n) is 1.91. The number of rotatable bonds is 2. The Morgan fingerprint density at radius 3 is 2.69 bits per heavy atom. The average Bonchev–Trinajstić information content (AvgIpc) is 2.56. The lowest BCUT2D eigenvalue weighted by molar-refractivity contribution is 0.108. The molecule has 2 rings (SSSR count). The highest BCUT2D eigenvalue weighted by atomic mass is 35.5. The molecule has 0 aliphatic rings. The smallest absolute Gasteiger partial charge is 0.253 e. The Bertz CT molecular complexity index is 557. The van der Waals surface area contributed by atoms with Crippen LogP contribution in [0.5, 0.6) is 0 Å². The monoisotopic (exact) mass is 236 g/mol. The zero-order valence-electron chi connectivity index (χ0n) is 9.49. The van der Waals surface area contributed by atoms with Crippen LogP contribution >= 0.6 is 11.6 Å². The maximum Gasteiger partial charge on any atom is 0.253 e. The zero-order chi connectivity index (χ0) is 11.9. The van der Waals surface area contributed by atoms with Gasteiger partial charge in [0.05, 0.1) is 11.2 Å². The normalized spacial score (nSPS) is 11.3. The first kappa shape index (κ1) is 11.1. The van der Waals surface area contributed by atoms with Gasteiger partial charge in [0.15, 0.2) is 0 Å². The van der Waals surface area contributed by atoms with Gasteiger partial charge in [0.2, 0.25) is 0 Å². The van der Waals surface area contributed by atoms with Gasteiger partial charge in [-0.15, -0.1) is 0 Å². The van der Waals surface area contributed by atoms with Crippen LogP contribution in [0.2, 0.25) is 0 Å². The number of aromatic nitrogens is 2. The van der Waals surface area contributed by atoms with Crippen LogP contribution < -0.4 is 0 Å². The first-order valence-corrected chi connectivity index (χ1v) is 5.55. The highest BCUT2D eigenvalue weighted by Gasteiger charge is 2.17. The van der Waals surface area contributed by atoms with Gasteiger partial charge in [-0.1, -0.05) is 19.9 Å². The molecule has 0 aliphatic heterocycles. The molecule has 1 aromatic carbocycles. The lowest BCUT2D eigenvalue weighted by Crippen LogP contribution is -1.94. The lowest BCUT2D eigenvalue weighted by Gasteiger charge is -2.02. The van der Waals surface area contributed by atoms with Crippen molar-refractivity contribution in [3.63, 3.8) is 0 Å². The molecular formula is C12H13ClN2O. The average molecular weight is 237 g/mol. The van der Waals surface area contributed by atoms with Gasteiger partial charge in [-0.3, -0.25) is 9.48 Å². The third-order valence-electron chi connectivity index (χ3n) is 2.66. The van der Waals surface area contributed by atoms with Gasteiger partial charge in [-0.05, 0) is 29.7 Å². The predicted molar refractivity (Wildman–Crippen MR) is 65.0 cm³/mol. The molecule has 0 spiro atoms. The third-order valence-corrected chi connectivity index (χ3v) is 2.87. The Morgan fingerprint density at radius 1 is 1.44 bits per heavy atom. The third kappa shape index (κ3) is 1.61. The fraction of sp³-hybridized carbons (Fsp3) is 0.333. The number of hydrogen-bond donors (Lipinski definition) is 0. The first-order chi connectivity index (χ1) is 7.52. The number of hydrogen-bond acceptors (Lipinski definition) is 2. The molecule has 0 saturated carbocycles. The summed E-state index contributed by atoms with van der Waals surface area (Å²) in [6.07, 6.45) is 0. The molecule has 0 amide bonds. The maximum absolute atomic E-state index is 11.4.